The number of amides is 2. The number of hydrogen-bond acceptors (Lipinski definition) is 3. The van der Waals surface area contributed by atoms with E-state index in [1.54, 1.807) is 11.3 Å². The molecular weight excluding hydrogens is 356 g/mol. The lowest BCUT2D eigenvalue weighted by molar-refractivity contribution is -0.137. The van der Waals surface area contributed by atoms with E-state index in [9.17, 15) is 9.59 Å². The summed E-state index contributed by atoms with van der Waals surface area (Å²) in [5.74, 6) is 1.45. The average Bonchev–Trinajstić information content (AvgIpc) is 3.12. The Labute approximate surface area is 166 Å². The van der Waals surface area contributed by atoms with Crippen LogP contribution in [0, 0.1) is 11.8 Å². The molecule has 0 spiro atoms. The zero-order valence-corrected chi connectivity index (χ0v) is 17.3. The summed E-state index contributed by atoms with van der Waals surface area (Å²) in [6.45, 7) is 3.88. The summed E-state index contributed by atoms with van der Waals surface area (Å²) in [6, 6.07) is 0.200. The molecule has 4 nitrogen and oxygen atoms in total. The molecule has 3 aliphatic rings. The van der Waals surface area contributed by atoms with Crippen LogP contribution in [0.4, 0.5) is 0 Å². The fraction of sp³-hybridized carbons (Fsp3) is 0.727. The van der Waals surface area contributed by atoms with E-state index in [0.29, 0.717) is 5.91 Å². The first-order chi connectivity index (χ1) is 13.1. The fourth-order valence-corrected chi connectivity index (χ4v) is 6.23. The molecule has 1 aliphatic heterocycles. The second-order valence-electron chi connectivity index (χ2n) is 8.81. The molecule has 5 heteroatoms. The first-order valence-electron chi connectivity index (χ1n) is 10.8. The van der Waals surface area contributed by atoms with E-state index in [1.165, 1.54) is 36.1 Å². The molecule has 2 amide bonds. The molecule has 1 aromatic rings. The predicted molar refractivity (Wildman–Crippen MR) is 109 cm³/mol. The van der Waals surface area contributed by atoms with Crippen molar-refractivity contribution in [2.45, 2.75) is 77.2 Å². The first kappa shape index (κ1) is 19.0. The maximum atomic E-state index is 12.8. The van der Waals surface area contributed by atoms with Crippen LogP contribution in [-0.4, -0.2) is 35.8 Å². The van der Waals surface area contributed by atoms with E-state index >= 15 is 0 Å². The van der Waals surface area contributed by atoms with Gasteiger partial charge < -0.3 is 10.2 Å². The van der Waals surface area contributed by atoms with Crippen LogP contribution in [-0.2, 0) is 17.6 Å². The maximum Gasteiger partial charge on any atom is 0.252 e. The number of fused-ring (bicyclic) bond motifs is 1. The molecule has 0 radical (unpaired) electrons. The van der Waals surface area contributed by atoms with Crippen molar-refractivity contribution in [3.8, 4) is 0 Å². The number of carbonyl (C=O) groups excluding carboxylic acids is 2. The van der Waals surface area contributed by atoms with Crippen molar-refractivity contribution in [3.63, 3.8) is 0 Å². The van der Waals surface area contributed by atoms with Gasteiger partial charge in [0.05, 0.1) is 5.56 Å². The Morgan fingerprint density at radius 3 is 2.56 bits per heavy atom. The number of nitrogens with one attached hydrogen (secondary N) is 1. The minimum atomic E-state index is 0.0964. The number of piperidine rings is 1. The highest BCUT2D eigenvalue weighted by Gasteiger charge is 2.30. The third-order valence-corrected chi connectivity index (χ3v) is 7.79. The van der Waals surface area contributed by atoms with Gasteiger partial charge in [0.15, 0.2) is 0 Å². The molecule has 0 aromatic carbocycles. The summed E-state index contributed by atoms with van der Waals surface area (Å²) in [5, 5.41) is 5.31. The topological polar surface area (TPSA) is 49.4 Å². The average molecular weight is 389 g/mol. The Balaban J connectivity index is 1.29. The maximum absolute atomic E-state index is 12.8. The van der Waals surface area contributed by atoms with Crippen molar-refractivity contribution in [1.82, 2.24) is 10.2 Å². The van der Waals surface area contributed by atoms with Crippen LogP contribution < -0.4 is 5.32 Å². The monoisotopic (exact) mass is 388 g/mol. The SMILES string of the molecule is CC1CCc2c(C(=O)NC3CCN(C(=O)C4CCCCC4)CC3)csc2C1. The number of hydrogen-bond donors (Lipinski definition) is 1. The molecule has 27 heavy (non-hydrogen) atoms. The summed E-state index contributed by atoms with van der Waals surface area (Å²) < 4.78 is 0. The van der Waals surface area contributed by atoms with Gasteiger partial charge in [-0.25, -0.2) is 0 Å². The number of nitrogens with zero attached hydrogens (tertiary/aromatic N) is 1. The van der Waals surface area contributed by atoms with Gasteiger partial charge in [-0.15, -0.1) is 11.3 Å². The van der Waals surface area contributed by atoms with E-state index in [-0.39, 0.29) is 17.9 Å². The van der Waals surface area contributed by atoms with Gasteiger partial charge in [0, 0.05) is 35.3 Å². The van der Waals surface area contributed by atoms with Gasteiger partial charge in [-0.2, -0.15) is 0 Å². The van der Waals surface area contributed by atoms with Crippen molar-refractivity contribution in [2.24, 2.45) is 11.8 Å². The Morgan fingerprint density at radius 2 is 1.81 bits per heavy atom. The van der Waals surface area contributed by atoms with Gasteiger partial charge in [0.1, 0.15) is 0 Å². The molecular formula is C22H32N2O2S. The molecule has 1 aromatic heterocycles. The quantitative estimate of drug-likeness (QED) is 0.845. The lowest BCUT2D eigenvalue weighted by Gasteiger charge is -2.35. The summed E-state index contributed by atoms with van der Waals surface area (Å²) in [5.41, 5.74) is 2.20. The molecule has 1 unspecified atom stereocenters. The number of carbonyl (C=O) groups is 2. The normalized spacial score (nSPS) is 24.5. The van der Waals surface area contributed by atoms with Crippen molar-refractivity contribution < 1.29 is 9.59 Å². The summed E-state index contributed by atoms with van der Waals surface area (Å²) >= 11 is 1.75. The minimum Gasteiger partial charge on any atom is -0.349 e. The van der Waals surface area contributed by atoms with Crippen molar-refractivity contribution >= 4 is 23.2 Å². The lowest BCUT2D eigenvalue weighted by Crippen LogP contribution is -2.48. The third-order valence-electron chi connectivity index (χ3n) is 6.74. The molecule has 1 atom stereocenters. The standard InChI is InChI=1S/C22H32N2O2S/c1-15-7-8-18-19(14-27-20(18)13-15)21(25)23-17-9-11-24(12-10-17)22(26)16-5-3-2-4-6-16/h14-17H,2-13H2,1H3,(H,23,25). The smallest absolute Gasteiger partial charge is 0.252 e. The van der Waals surface area contributed by atoms with Gasteiger partial charge in [-0.3, -0.25) is 9.59 Å². The zero-order valence-electron chi connectivity index (χ0n) is 16.5. The summed E-state index contributed by atoms with van der Waals surface area (Å²) in [7, 11) is 0. The second kappa shape index (κ2) is 8.34. The van der Waals surface area contributed by atoms with Crippen molar-refractivity contribution in [3.05, 3.63) is 21.4 Å². The molecule has 1 N–H and O–H groups in total. The predicted octanol–water partition coefficient (Wildman–Crippen LogP) is 4.17. The lowest BCUT2D eigenvalue weighted by atomic mass is 9.87. The molecule has 1 saturated heterocycles. The molecule has 2 aliphatic carbocycles. The summed E-state index contributed by atoms with van der Waals surface area (Å²) in [4.78, 5) is 29.0. The van der Waals surface area contributed by atoms with Gasteiger partial charge in [-0.05, 0) is 56.4 Å². The van der Waals surface area contributed by atoms with Crippen LogP contribution in [0.3, 0.4) is 0 Å². The van der Waals surface area contributed by atoms with Crippen LogP contribution in [0.5, 0.6) is 0 Å². The molecule has 2 fully saturated rings. The van der Waals surface area contributed by atoms with Crippen LogP contribution >= 0.6 is 11.3 Å². The van der Waals surface area contributed by atoms with Crippen LogP contribution in [0.2, 0.25) is 0 Å². The van der Waals surface area contributed by atoms with Gasteiger partial charge in [0.25, 0.3) is 5.91 Å². The summed E-state index contributed by atoms with van der Waals surface area (Å²) in [6.07, 6.45) is 10.9. The largest absolute Gasteiger partial charge is 0.349 e. The number of thiophene rings is 1. The number of rotatable bonds is 3. The molecule has 2 heterocycles. The van der Waals surface area contributed by atoms with E-state index in [2.05, 4.69) is 17.6 Å². The molecule has 1 saturated carbocycles. The van der Waals surface area contributed by atoms with E-state index in [4.69, 9.17) is 0 Å². The minimum absolute atomic E-state index is 0.0964. The first-order valence-corrected chi connectivity index (χ1v) is 11.7. The van der Waals surface area contributed by atoms with E-state index < -0.39 is 0 Å². The van der Waals surface area contributed by atoms with Crippen LogP contribution in [0.1, 0.15) is 79.1 Å². The van der Waals surface area contributed by atoms with E-state index in [1.807, 2.05) is 4.90 Å². The third kappa shape index (κ3) is 4.23. The Kier molecular flexibility index (Phi) is 5.86. The highest BCUT2D eigenvalue weighted by molar-refractivity contribution is 7.10. The highest BCUT2D eigenvalue weighted by atomic mass is 32.1. The Hall–Kier alpha value is -1.36. The number of likely N-dealkylation sites (tertiary alicyclic amines) is 1. The Bertz CT molecular complexity index is 684. The van der Waals surface area contributed by atoms with E-state index in [0.717, 1.165) is 63.1 Å². The zero-order chi connectivity index (χ0) is 18.8. The van der Waals surface area contributed by atoms with Crippen molar-refractivity contribution in [1.29, 1.82) is 0 Å². The Morgan fingerprint density at radius 1 is 1.07 bits per heavy atom. The van der Waals surface area contributed by atoms with Crippen LogP contribution in [0.15, 0.2) is 5.38 Å². The molecule has 4 rings (SSSR count). The highest BCUT2D eigenvalue weighted by Crippen LogP contribution is 2.33. The van der Waals surface area contributed by atoms with Gasteiger partial charge in [-0.1, -0.05) is 26.2 Å². The fourth-order valence-electron chi connectivity index (χ4n) is 4.98. The molecule has 148 valence electrons. The molecule has 0 bridgehead atoms. The second-order valence-corrected chi connectivity index (χ2v) is 9.77. The van der Waals surface area contributed by atoms with Crippen LogP contribution in [0.25, 0.3) is 0 Å². The van der Waals surface area contributed by atoms with Gasteiger partial charge >= 0.3 is 0 Å². The van der Waals surface area contributed by atoms with Gasteiger partial charge in [0.2, 0.25) is 5.91 Å². The van der Waals surface area contributed by atoms with Crippen molar-refractivity contribution in [2.75, 3.05) is 13.1 Å².